The topological polar surface area (TPSA) is 51.2 Å². The summed E-state index contributed by atoms with van der Waals surface area (Å²) in [4.78, 5) is 17.1. The van der Waals surface area contributed by atoms with Crippen molar-refractivity contribution in [3.8, 4) is 16.3 Å². The summed E-state index contributed by atoms with van der Waals surface area (Å²) in [7, 11) is 0. The van der Waals surface area contributed by atoms with E-state index >= 15 is 0 Å². The fourth-order valence-corrected chi connectivity index (χ4v) is 4.09. The second-order valence-electron chi connectivity index (χ2n) is 6.72. The van der Waals surface area contributed by atoms with Crippen molar-refractivity contribution in [1.82, 2.24) is 4.98 Å². The van der Waals surface area contributed by atoms with Gasteiger partial charge in [0, 0.05) is 5.56 Å². The number of ether oxygens (including phenoxy) is 1. The highest BCUT2D eigenvalue weighted by Gasteiger charge is 2.12. The first kappa shape index (κ1) is 19.4. The van der Waals surface area contributed by atoms with E-state index in [-0.39, 0.29) is 12.5 Å². The molecule has 29 heavy (non-hydrogen) atoms. The van der Waals surface area contributed by atoms with Crippen molar-refractivity contribution < 1.29 is 9.53 Å². The number of nitrogens with one attached hydrogen (secondary N) is 1. The largest absolute Gasteiger partial charge is 0.483 e. The van der Waals surface area contributed by atoms with Gasteiger partial charge >= 0.3 is 0 Å². The number of carbonyl (C=O) groups excluding carboxylic acids is 1. The van der Waals surface area contributed by atoms with Crippen molar-refractivity contribution in [1.29, 1.82) is 0 Å². The standard InChI is InChI=1S/C23H19ClN2O2S/c1-14-6-5-8-20(15(14)2)28-13-22(27)25-19-12-16(10-11-17(19)24)23-26-18-7-3-4-9-21(18)29-23/h3-12H,13H2,1-2H3,(H,25,27). The highest BCUT2D eigenvalue weighted by molar-refractivity contribution is 7.21. The Balaban J connectivity index is 1.50. The third-order valence-corrected chi connectivity index (χ3v) is 6.11. The third-order valence-electron chi connectivity index (χ3n) is 4.69. The molecule has 3 aromatic carbocycles. The molecule has 1 aromatic heterocycles. The zero-order chi connectivity index (χ0) is 20.4. The van der Waals surface area contributed by atoms with Gasteiger partial charge in [0.1, 0.15) is 10.8 Å². The summed E-state index contributed by atoms with van der Waals surface area (Å²) in [5, 5.41) is 4.19. The summed E-state index contributed by atoms with van der Waals surface area (Å²) >= 11 is 7.90. The lowest BCUT2D eigenvalue weighted by Crippen LogP contribution is -2.20. The van der Waals surface area contributed by atoms with E-state index in [9.17, 15) is 4.79 Å². The van der Waals surface area contributed by atoms with Crippen LogP contribution in [-0.4, -0.2) is 17.5 Å². The van der Waals surface area contributed by atoms with E-state index in [2.05, 4.69) is 10.3 Å². The summed E-state index contributed by atoms with van der Waals surface area (Å²) in [6, 6.07) is 19.3. The predicted molar refractivity (Wildman–Crippen MR) is 120 cm³/mol. The number of anilines is 1. The number of aryl methyl sites for hydroxylation is 1. The molecule has 4 nitrogen and oxygen atoms in total. The van der Waals surface area contributed by atoms with Crippen molar-refractivity contribution in [2.24, 2.45) is 0 Å². The van der Waals surface area contributed by atoms with Gasteiger partial charge < -0.3 is 10.1 Å². The number of carbonyl (C=O) groups is 1. The van der Waals surface area contributed by atoms with E-state index in [0.717, 1.165) is 31.9 Å². The van der Waals surface area contributed by atoms with E-state index in [0.29, 0.717) is 16.5 Å². The molecule has 146 valence electrons. The molecular weight excluding hydrogens is 404 g/mol. The van der Waals surface area contributed by atoms with Crippen LogP contribution in [-0.2, 0) is 4.79 Å². The lowest BCUT2D eigenvalue weighted by molar-refractivity contribution is -0.118. The molecule has 4 aromatic rings. The summed E-state index contributed by atoms with van der Waals surface area (Å²) in [6.45, 7) is 3.89. The Morgan fingerprint density at radius 1 is 1.10 bits per heavy atom. The Kier molecular flexibility index (Phi) is 5.51. The summed E-state index contributed by atoms with van der Waals surface area (Å²) in [5.41, 5.74) is 4.54. The molecule has 0 radical (unpaired) electrons. The number of amides is 1. The SMILES string of the molecule is Cc1cccc(OCC(=O)Nc2cc(-c3nc4ccccc4s3)ccc2Cl)c1C. The molecule has 0 aliphatic heterocycles. The number of aromatic nitrogens is 1. The molecule has 4 rings (SSSR count). The molecule has 1 N–H and O–H groups in total. The molecule has 0 atom stereocenters. The molecule has 0 spiro atoms. The molecule has 6 heteroatoms. The maximum absolute atomic E-state index is 12.4. The minimum Gasteiger partial charge on any atom is -0.483 e. The first-order chi connectivity index (χ1) is 14.0. The van der Waals surface area contributed by atoms with Crippen LogP contribution in [0.15, 0.2) is 60.7 Å². The molecule has 0 aliphatic rings. The van der Waals surface area contributed by atoms with Crippen LogP contribution in [0.5, 0.6) is 5.75 Å². The Hall–Kier alpha value is -2.89. The monoisotopic (exact) mass is 422 g/mol. The van der Waals surface area contributed by atoms with Gasteiger partial charge in [-0.15, -0.1) is 11.3 Å². The van der Waals surface area contributed by atoms with E-state index in [4.69, 9.17) is 16.3 Å². The van der Waals surface area contributed by atoms with Crippen LogP contribution in [0.25, 0.3) is 20.8 Å². The Bertz CT molecular complexity index is 1170. The number of nitrogens with zero attached hydrogens (tertiary/aromatic N) is 1. The van der Waals surface area contributed by atoms with Gasteiger partial charge in [-0.3, -0.25) is 4.79 Å². The molecule has 0 bridgehead atoms. The van der Waals surface area contributed by atoms with E-state index in [1.165, 1.54) is 0 Å². The lowest BCUT2D eigenvalue weighted by Gasteiger charge is -2.12. The zero-order valence-corrected chi connectivity index (χ0v) is 17.6. The smallest absolute Gasteiger partial charge is 0.262 e. The minimum atomic E-state index is -0.269. The number of fused-ring (bicyclic) bond motifs is 1. The van der Waals surface area contributed by atoms with Gasteiger partial charge in [-0.1, -0.05) is 41.9 Å². The molecule has 0 fully saturated rings. The van der Waals surface area contributed by atoms with Crippen LogP contribution in [0.3, 0.4) is 0 Å². The van der Waals surface area contributed by atoms with Crippen LogP contribution in [0, 0.1) is 13.8 Å². The first-order valence-corrected chi connectivity index (χ1v) is 10.3. The van der Waals surface area contributed by atoms with Gasteiger partial charge in [-0.25, -0.2) is 4.98 Å². The van der Waals surface area contributed by atoms with Crippen LogP contribution < -0.4 is 10.1 Å². The van der Waals surface area contributed by atoms with Gasteiger partial charge in [0.25, 0.3) is 5.91 Å². The number of benzene rings is 3. The summed E-state index contributed by atoms with van der Waals surface area (Å²) in [5.74, 6) is 0.434. The highest BCUT2D eigenvalue weighted by Crippen LogP contribution is 2.33. The molecule has 0 aliphatic carbocycles. The maximum Gasteiger partial charge on any atom is 0.262 e. The fraction of sp³-hybridized carbons (Fsp3) is 0.130. The van der Waals surface area contributed by atoms with Crippen molar-refractivity contribution in [2.75, 3.05) is 11.9 Å². The Morgan fingerprint density at radius 3 is 2.76 bits per heavy atom. The Labute approximate surface area is 178 Å². The van der Waals surface area contributed by atoms with Gasteiger partial charge in [0.2, 0.25) is 0 Å². The van der Waals surface area contributed by atoms with Crippen LogP contribution >= 0.6 is 22.9 Å². The molecule has 0 unspecified atom stereocenters. The molecule has 0 saturated heterocycles. The molecular formula is C23H19ClN2O2S. The third kappa shape index (κ3) is 4.26. The number of hydrogen-bond acceptors (Lipinski definition) is 4. The van der Waals surface area contributed by atoms with Crippen LogP contribution in [0.4, 0.5) is 5.69 Å². The second kappa shape index (κ2) is 8.23. The van der Waals surface area contributed by atoms with E-state index in [1.54, 1.807) is 17.4 Å². The number of rotatable bonds is 5. The van der Waals surface area contributed by atoms with E-state index < -0.39 is 0 Å². The number of para-hydroxylation sites is 1. The normalized spacial score (nSPS) is 10.9. The zero-order valence-electron chi connectivity index (χ0n) is 16.0. The maximum atomic E-state index is 12.4. The fourth-order valence-electron chi connectivity index (χ4n) is 2.96. The molecule has 1 heterocycles. The first-order valence-electron chi connectivity index (χ1n) is 9.15. The molecule has 1 amide bonds. The number of thiazole rings is 1. The average molecular weight is 423 g/mol. The number of halogens is 1. The molecule has 0 saturated carbocycles. The quantitative estimate of drug-likeness (QED) is 0.413. The number of hydrogen-bond donors (Lipinski definition) is 1. The van der Waals surface area contributed by atoms with Crippen molar-refractivity contribution >= 4 is 44.7 Å². The Morgan fingerprint density at radius 2 is 1.93 bits per heavy atom. The predicted octanol–water partition coefficient (Wildman–Crippen LogP) is 6.25. The highest BCUT2D eigenvalue weighted by atomic mass is 35.5. The average Bonchev–Trinajstić information content (AvgIpc) is 3.15. The van der Waals surface area contributed by atoms with Crippen molar-refractivity contribution in [3.05, 3.63) is 76.8 Å². The lowest BCUT2D eigenvalue weighted by atomic mass is 10.1. The van der Waals surface area contributed by atoms with Gasteiger partial charge in [-0.05, 0) is 55.3 Å². The van der Waals surface area contributed by atoms with E-state index in [1.807, 2.05) is 68.4 Å². The second-order valence-corrected chi connectivity index (χ2v) is 8.15. The van der Waals surface area contributed by atoms with Crippen molar-refractivity contribution in [3.63, 3.8) is 0 Å². The van der Waals surface area contributed by atoms with Gasteiger partial charge in [0.15, 0.2) is 6.61 Å². The van der Waals surface area contributed by atoms with Gasteiger partial charge in [-0.2, -0.15) is 0 Å². The van der Waals surface area contributed by atoms with Crippen LogP contribution in [0.1, 0.15) is 11.1 Å². The van der Waals surface area contributed by atoms with Gasteiger partial charge in [0.05, 0.1) is 20.9 Å². The minimum absolute atomic E-state index is 0.0913. The summed E-state index contributed by atoms with van der Waals surface area (Å²) < 4.78 is 6.80. The van der Waals surface area contributed by atoms with Crippen LogP contribution in [0.2, 0.25) is 5.02 Å². The van der Waals surface area contributed by atoms with Crippen molar-refractivity contribution in [2.45, 2.75) is 13.8 Å². The summed E-state index contributed by atoms with van der Waals surface area (Å²) in [6.07, 6.45) is 0.